The van der Waals surface area contributed by atoms with Crippen LogP contribution < -0.4 is 0 Å². The van der Waals surface area contributed by atoms with Gasteiger partial charge in [0, 0.05) is 11.1 Å². The Bertz CT molecular complexity index is 897. The van der Waals surface area contributed by atoms with E-state index in [1.54, 1.807) is 0 Å². The third-order valence-corrected chi connectivity index (χ3v) is 4.07. The smallest absolute Gasteiger partial charge is 0.338 e. The fraction of sp³-hybridized carbons (Fsp3) is 0.211. The van der Waals surface area contributed by atoms with Crippen LogP contribution in [0.2, 0.25) is 0 Å². The van der Waals surface area contributed by atoms with E-state index in [0.29, 0.717) is 6.42 Å². The van der Waals surface area contributed by atoms with Gasteiger partial charge in [-0.1, -0.05) is 25.5 Å². The average Bonchev–Trinajstić information content (AvgIpc) is 2.59. The van der Waals surface area contributed by atoms with Gasteiger partial charge in [-0.2, -0.15) is 0 Å². The number of aromatic hydroxyl groups is 2. The molecule has 0 radical (unpaired) electrons. The van der Waals surface area contributed by atoms with Gasteiger partial charge in [0.2, 0.25) is 5.78 Å². The van der Waals surface area contributed by atoms with E-state index < -0.39 is 23.3 Å². The van der Waals surface area contributed by atoms with Gasteiger partial charge in [0.25, 0.3) is 0 Å². The van der Waals surface area contributed by atoms with E-state index in [1.807, 2.05) is 6.92 Å². The van der Waals surface area contributed by atoms with Crippen LogP contribution in [0.15, 0.2) is 30.3 Å². The number of hydrogen-bond acceptors (Lipinski definition) is 6. The third kappa shape index (κ3) is 2.76. The molecule has 0 spiro atoms. The van der Waals surface area contributed by atoms with Crippen molar-refractivity contribution in [1.82, 2.24) is 0 Å². The van der Waals surface area contributed by atoms with Crippen molar-refractivity contribution in [3.8, 4) is 11.5 Å². The Labute approximate surface area is 143 Å². The summed E-state index contributed by atoms with van der Waals surface area (Å²) in [5, 5.41) is 20.1. The van der Waals surface area contributed by atoms with Crippen molar-refractivity contribution in [3.05, 3.63) is 58.1 Å². The first-order valence-corrected chi connectivity index (χ1v) is 7.91. The van der Waals surface area contributed by atoms with Crippen molar-refractivity contribution in [1.29, 1.82) is 0 Å². The molecule has 6 nitrogen and oxygen atoms in total. The van der Waals surface area contributed by atoms with Crippen molar-refractivity contribution in [2.24, 2.45) is 0 Å². The molecule has 0 amide bonds. The molecule has 0 aliphatic heterocycles. The summed E-state index contributed by atoms with van der Waals surface area (Å²) in [6.07, 6.45) is 1.56. The SMILES string of the molecule is CCCCOC(=O)c1cc(O)c2c(c1)C(=O)c1cccc(O)c1C2=O. The number of benzene rings is 2. The number of carbonyl (C=O) groups is 3. The fourth-order valence-electron chi connectivity index (χ4n) is 2.79. The zero-order valence-corrected chi connectivity index (χ0v) is 13.5. The minimum absolute atomic E-state index is 0.00268. The Kier molecular flexibility index (Phi) is 4.27. The van der Waals surface area contributed by atoms with Gasteiger partial charge in [-0.3, -0.25) is 9.59 Å². The highest BCUT2D eigenvalue weighted by Crippen LogP contribution is 2.37. The molecule has 3 rings (SSSR count). The van der Waals surface area contributed by atoms with Gasteiger partial charge in [-0.15, -0.1) is 0 Å². The number of hydrogen-bond donors (Lipinski definition) is 2. The van der Waals surface area contributed by atoms with Crippen LogP contribution in [-0.4, -0.2) is 34.4 Å². The molecule has 25 heavy (non-hydrogen) atoms. The molecule has 2 aromatic rings. The summed E-state index contributed by atoms with van der Waals surface area (Å²) in [6, 6.07) is 6.51. The van der Waals surface area contributed by atoms with Crippen LogP contribution in [0.25, 0.3) is 0 Å². The van der Waals surface area contributed by atoms with Crippen LogP contribution in [-0.2, 0) is 4.74 Å². The summed E-state index contributed by atoms with van der Waals surface area (Å²) >= 11 is 0. The molecule has 0 aromatic heterocycles. The van der Waals surface area contributed by atoms with E-state index in [9.17, 15) is 24.6 Å². The summed E-state index contributed by atoms with van der Waals surface area (Å²) in [4.78, 5) is 37.3. The van der Waals surface area contributed by atoms with Crippen LogP contribution in [0.5, 0.6) is 11.5 Å². The predicted molar refractivity (Wildman–Crippen MR) is 88.3 cm³/mol. The monoisotopic (exact) mass is 340 g/mol. The highest BCUT2D eigenvalue weighted by Gasteiger charge is 2.35. The van der Waals surface area contributed by atoms with Crippen LogP contribution in [0, 0.1) is 0 Å². The van der Waals surface area contributed by atoms with E-state index in [4.69, 9.17) is 4.74 Å². The number of phenolic OH excluding ortho intramolecular Hbond substituents is 2. The molecule has 2 aromatic carbocycles. The van der Waals surface area contributed by atoms with Gasteiger partial charge < -0.3 is 14.9 Å². The van der Waals surface area contributed by atoms with Gasteiger partial charge in [-0.05, 0) is 24.6 Å². The molecule has 2 N–H and O–H groups in total. The van der Waals surface area contributed by atoms with Gasteiger partial charge >= 0.3 is 5.97 Å². The molecule has 0 unspecified atom stereocenters. The minimum atomic E-state index is -0.673. The normalized spacial score (nSPS) is 12.5. The van der Waals surface area contributed by atoms with E-state index in [-0.39, 0.29) is 40.2 Å². The molecule has 0 fully saturated rings. The van der Waals surface area contributed by atoms with Crippen LogP contribution in [0.1, 0.15) is 62.0 Å². The lowest BCUT2D eigenvalue weighted by molar-refractivity contribution is 0.0499. The maximum absolute atomic E-state index is 12.7. The zero-order chi connectivity index (χ0) is 18.1. The standard InChI is InChI=1S/C19H16O6/c1-2-3-7-25-19(24)10-8-12-16(14(21)9-10)18(23)15-11(17(12)22)5-4-6-13(15)20/h4-6,8-9,20-21H,2-3,7H2,1H3. The van der Waals surface area contributed by atoms with Crippen molar-refractivity contribution in [3.63, 3.8) is 0 Å². The number of unbranched alkanes of at least 4 members (excludes halogenated alkanes) is 1. The molecular formula is C19H16O6. The summed E-state index contributed by atoms with van der Waals surface area (Å²) in [7, 11) is 0. The second-order valence-electron chi connectivity index (χ2n) is 5.77. The molecule has 0 saturated heterocycles. The summed E-state index contributed by atoms with van der Waals surface area (Å²) < 4.78 is 5.08. The molecule has 0 heterocycles. The zero-order valence-electron chi connectivity index (χ0n) is 13.5. The van der Waals surface area contributed by atoms with Crippen molar-refractivity contribution < 1.29 is 29.3 Å². The first kappa shape index (κ1) is 16.7. The Balaban J connectivity index is 2.07. The van der Waals surface area contributed by atoms with E-state index in [1.165, 1.54) is 24.3 Å². The number of carbonyl (C=O) groups excluding carboxylic acids is 3. The van der Waals surface area contributed by atoms with Gasteiger partial charge in [0.05, 0.1) is 23.3 Å². The van der Waals surface area contributed by atoms with Crippen molar-refractivity contribution in [2.75, 3.05) is 6.61 Å². The van der Waals surface area contributed by atoms with E-state index >= 15 is 0 Å². The molecule has 0 saturated carbocycles. The van der Waals surface area contributed by atoms with Gasteiger partial charge in [0.1, 0.15) is 11.5 Å². The fourth-order valence-corrected chi connectivity index (χ4v) is 2.79. The number of ether oxygens (including phenoxy) is 1. The first-order chi connectivity index (χ1) is 12.0. The lowest BCUT2D eigenvalue weighted by Crippen LogP contribution is -2.22. The number of esters is 1. The Morgan fingerprint density at radius 3 is 2.44 bits per heavy atom. The summed E-state index contributed by atoms with van der Waals surface area (Å²) in [5.41, 5.74) is -0.409. The molecular weight excluding hydrogens is 324 g/mol. The molecule has 0 bridgehead atoms. The summed E-state index contributed by atoms with van der Waals surface area (Å²) in [5.74, 6) is -2.70. The second-order valence-corrected chi connectivity index (χ2v) is 5.77. The number of fused-ring (bicyclic) bond motifs is 2. The molecule has 1 aliphatic carbocycles. The molecule has 128 valence electrons. The Morgan fingerprint density at radius 1 is 1.00 bits per heavy atom. The highest BCUT2D eigenvalue weighted by molar-refractivity contribution is 6.30. The number of phenols is 2. The van der Waals surface area contributed by atoms with E-state index in [2.05, 4.69) is 0 Å². The average molecular weight is 340 g/mol. The number of rotatable bonds is 4. The largest absolute Gasteiger partial charge is 0.507 e. The Hall–Kier alpha value is -3.15. The second kappa shape index (κ2) is 6.39. The van der Waals surface area contributed by atoms with E-state index in [0.717, 1.165) is 12.5 Å². The van der Waals surface area contributed by atoms with Crippen molar-refractivity contribution in [2.45, 2.75) is 19.8 Å². The summed E-state index contributed by atoms with van der Waals surface area (Å²) in [6.45, 7) is 2.19. The first-order valence-electron chi connectivity index (χ1n) is 7.91. The molecule has 6 heteroatoms. The highest BCUT2D eigenvalue weighted by atomic mass is 16.5. The lowest BCUT2D eigenvalue weighted by Gasteiger charge is -2.19. The van der Waals surface area contributed by atoms with Crippen molar-refractivity contribution >= 4 is 17.5 Å². The Morgan fingerprint density at radius 2 is 1.72 bits per heavy atom. The number of ketones is 2. The lowest BCUT2D eigenvalue weighted by atomic mass is 9.82. The van der Waals surface area contributed by atoms with Crippen LogP contribution in [0.3, 0.4) is 0 Å². The quantitative estimate of drug-likeness (QED) is 0.559. The predicted octanol–water partition coefficient (Wildman–Crippen LogP) is 2.83. The molecule has 0 atom stereocenters. The van der Waals surface area contributed by atoms with Crippen LogP contribution >= 0.6 is 0 Å². The maximum atomic E-state index is 12.7. The minimum Gasteiger partial charge on any atom is -0.507 e. The van der Waals surface area contributed by atoms with Gasteiger partial charge in [-0.25, -0.2) is 4.79 Å². The van der Waals surface area contributed by atoms with Gasteiger partial charge in [0.15, 0.2) is 5.78 Å². The third-order valence-electron chi connectivity index (χ3n) is 4.07. The molecule has 1 aliphatic rings. The van der Waals surface area contributed by atoms with Crippen LogP contribution in [0.4, 0.5) is 0 Å². The maximum Gasteiger partial charge on any atom is 0.338 e. The topological polar surface area (TPSA) is 101 Å².